The summed E-state index contributed by atoms with van der Waals surface area (Å²) in [7, 11) is 2.81. The molecule has 5 nitrogen and oxygen atoms in total. The minimum atomic E-state index is -0.470. The van der Waals surface area contributed by atoms with Gasteiger partial charge in [-0.1, -0.05) is 35.5 Å². The zero-order valence-electron chi connectivity index (χ0n) is 13.3. The van der Waals surface area contributed by atoms with Crippen LogP contribution in [0.1, 0.15) is 25.0 Å². The smallest absolute Gasteiger partial charge is 0.341 e. The maximum atomic E-state index is 11.9. The van der Waals surface area contributed by atoms with E-state index >= 15 is 0 Å². The minimum Gasteiger partial charge on any atom is -0.503 e. The predicted molar refractivity (Wildman–Crippen MR) is 86.2 cm³/mol. The summed E-state index contributed by atoms with van der Waals surface area (Å²) in [4.78, 5) is 17.2. The molecule has 118 valence electrons. The highest BCUT2D eigenvalue weighted by atomic mass is 16.6. The normalized spacial score (nSPS) is 12.4. The molecule has 0 fully saturated rings. The molecular formula is C17H21NO4. The van der Waals surface area contributed by atoms with Crippen LogP contribution in [0.3, 0.4) is 0 Å². The molecule has 0 atom stereocenters. The molecule has 0 saturated heterocycles. The van der Waals surface area contributed by atoms with Gasteiger partial charge in [0.05, 0.1) is 26.2 Å². The SMILES string of the molecule is C/C=C/C(C)=N/OCc1ccccc1/C(=C\OC)C(=O)OC. The van der Waals surface area contributed by atoms with Gasteiger partial charge in [-0.15, -0.1) is 0 Å². The first-order valence-corrected chi connectivity index (χ1v) is 6.82. The van der Waals surface area contributed by atoms with Crippen molar-refractivity contribution in [2.75, 3.05) is 14.2 Å². The number of methoxy groups -OCH3 is 2. The fourth-order valence-corrected chi connectivity index (χ4v) is 1.83. The minimum absolute atomic E-state index is 0.239. The van der Waals surface area contributed by atoms with E-state index in [1.54, 1.807) is 0 Å². The van der Waals surface area contributed by atoms with Gasteiger partial charge in [-0.05, 0) is 25.5 Å². The lowest BCUT2D eigenvalue weighted by atomic mass is 10.0. The molecule has 0 aliphatic rings. The third-order valence-electron chi connectivity index (χ3n) is 2.79. The van der Waals surface area contributed by atoms with Gasteiger partial charge in [0, 0.05) is 5.56 Å². The maximum Gasteiger partial charge on any atom is 0.341 e. The number of esters is 1. The largest absolute Gasteiger partial charge is 0.503 e. The number of allylic oxidation sites excluding steroid dienone is 2. The van der Waals surface area contributed by atoms with E-state index in [0.29, 0.717) is 11.1 Å². The summed E-state index contributed by atoms with van der Waals surface area (Å²) in [5, 5.41) is 3.98. The first-order chi connectivity index (χ1) is 10.6. The van der Waals surface area contributed by atoms with E-state index in [1.165, 1.54) is 20.5 Å². The summed E-state index contributed by atoms with van der Waals surface area (Å²) in [5.74, 6) is -0.470. The van der Waals surface area contributed by atoms with E-state index in [-0.39, 0.29) is 6.61 Å². The molecule has 0 aliphatic heterocycles. The van der Waals surface area contributed by atoms with Crippen molar-refractivity contribution in [3.63, 3.8) is 0 Å². The van der Waals surface area contributed by atoms with Crippen LogP contribution in [0, 0.1) is 0 Å². The quantitative estimate of drug-likeness (QED) is 0.255. The fraction of sp³-hybridized carbons (Fsp3) is 0.294. The molecule has 0 radical (unpaired) electrons. The van der Waals surface area contributed by atoms with Gasteiger partial charge in [0.2, 0.25) is 0 Å². The van der Waals surface area contributed by atoms with Crippen LogP contribution in [-0.4, -0.2) is 25.9 Å². The first kappa shape index (κ1) is 17.5. The molecule has 1 aromatic carbocycles. The zero-order chi connectivity index (χ0) is 16.4. The van der Waals surface area contributed by atoms with Crippen LogP contribution in [0.5, 0.6) is 0 Å². The molecule has 0 N–H and O–H groups in total. The number of nitrogens with zero attached hydrogens (tertiary/aromatic N) is 1. The summed E-state index contributed by atoms with van der Waals surface area (Å²) in [6.07, 6.45) is 5.09. The van der Waals surface area contributed by atoms with Gasteiger partial charge in [-0.25, -0.2) is 4.79 Å². The van der Waals surface area contributed by atoms with Crippen molar-refractivity contribution >= 4 is 17.3 Å². The summed E-state index contributed by atoms with van der Waals surface area (Å²) in [6, 6.07) is 7.37. The molecule has 0 aliphatic carbocycles. The lowest BCUT2D eigenvalue weighted by Gasteiger charge is -2.10. The van der Waals surface area contributed by atoms with E-state index < -0.39 is 5.97 Å². The Hall–Kier alpha value is -2.56. The van der Waals surface area contributed by atoms with Crippen molar-refractivity contribution in [2.24, 2.45) is 5.16 Å². The average Bonchev–Trinajstić information content (AvgIpc) is 2.53. The molecule has 0 spiro atoms. The summed E-state index contributed by atoms with van der Waals surface area (Å²) in [6.45, 7) is 3.99. The van der Waals surface area contributed by atoms with Crippen molar-refractivity contribution in [3.8, 4) is 0 Å². The van der Waals surface area contributed by atoms with Crippen LogP contribution in [-0.2, 0) is 25.7 Å². The van der Waals surface area contributed by atoms with E-state index in [9.17, 15) is 4.79 Å². The number of rotatable bonds is 7. The number of carbonyl (C=O) groups is 1. The Bertz CT molecular complexity index is 588. The van der Waals surface area contributed by atoms with Crippen molar-refractivity contribution < 1.29 is 19.1 Å². The monoisotopic (exact) mass is 303 g/mol. The standard InChI is InChI=1S/C17H21NO4/c1-5-8-13(2)18-22-11-14-9-6-7-10-15(14)16(12-20-3)17(19)21-4/h5-10,12H,11H2,1-4H3/b8-5+,16-12+,18-13+. The molecule has 5 heteroatoms. The molecule has 0 bridgehead atoms. The van der Waals surface area contributed by atoms with Crippen LogP contribution < -0.4 is 0 Å². The summed E-state index contributed by atoms with van der Waals surface area (Å²) >= 11 is 0. The lowest BCUT2D eigenvalue weighted by molar-refractivity contribution is -0.133. The van der Waals surface area contributed by atoms with E-state index in [4.69, 9.17) is 14.3 Å². The number of benzene rings is 1. The second kappa shape index (κ2) is 9.39. The Balaban J connectivity index is 3.00. The zero-order valence-corrected chi connectivity index (χ0v) is 13.3. The fourth-order valence-electron chi connectivity index (χ4n) is 1.83. The number of hydrogen-bond acceptors (Lipinski definition) is 5. The van der Waals surface area contributed by atoms with Crippen molar-refractivity contribution in [2.45, 2.75) is 20.5 Å². The van der Waals surface area contributed by atoms with Gasteiger partial charge < -0.3 is 14.3 Å². The Morgan fingerprint density at radius 2 is 2.00 bits per heavy atom. The molecule has 0 unspecified atom stereocenters. The van der Waals surface area contributed by atoms with Gasteiger partial charge in [0.25, 0.3) is 0 Å². The van der Waals surface area contributed by atoms with Crippen molar-refractivity contribution in [1.82, 2.24) is 0 Å². The predicted octanol–water partition coefficient (Wildman–Crippen LogP) is 3.32. The van der Waals surface area contributed by atoms with Gasteiger partial charge >= 0.3 is 5.97 Å². The van der Waals surface area contributed by atoms with Gasteiger partial charge in [-0.3, -0.25) is 0 Å². The molecular weight excluding hydrogens is 282 g/mol. The van der Waals surface area contributed by atoms with Crippen LogP contribution in [0.25, 0.3) is 5.57 Å². The molecule has 1 rings (SSSR count). The van der Waals surface area contributed by atoms with Crippen molar-refractivity contribution in [1.29, 1.82) is 0 Å². The van der Waals surface area contributed by atoms with Crippen LogP contribution >= 0.6 is 0 Å². The second-order valence-corrected chi connectivity index (χ2v) is 4.42. The van der Waals surface area contributed by atoms with Gasteiger partial charge in [-0.2, -0.15) is 0 Å². The highest BCUT2D eigenvalue weighted by Crippen LogP contribution is 2.21. The van der Waals surface area contributed by atoms with E-state index in [0.717, 1.165) is 11.3 Å². The lowest BCUT2D eigenvalue weighted by Crippen LogP contribution is -2.07. The highest BCUT2D eigenvalue weighted by Gasteiger charge is 2.16. The Morgan fingerprint density at radius 1 is 1.27 bits per heavy atom. The average molecular weight is 303 g/mol. The Labute approximate surface area is 130 Å². The number of oxime groups is 1. The number of carbonyl (C=O) groups excluding carboxylic acids is 1. The highest BCUT2D eigenvalue weighted by molar-refractivity contribution is 6.16. The van der Waals surface area contributed by atoms with Gasteiger partial charge in [0.15, 0.2) is 0 Å². The second-order valence-electron chi connectivity index (χ2n) is 4.42. The van der Waals surface area contributed by atoms with Crippen LogP contribution in [0.15, 0.2) is 47.8 Å². The molecule has 0 amide bonds. The van der Waals surface area contributed by atoms with Gasteiger partial charge in [0.1, 0.15) is 12.2 Å². The van der Waals surface area contributed by atoms with Crippen LogP contribution in [0.2, 0.25) is 0 Å². The number of ether oxygens (including phenoxy) is 2. The molecule has 0 heterocycles. The first-order valence-electron chi connectivity index (χ1n) is 6.82. The van der Waals surface area contributed by atoms with Crippen molar-refractivity contribution in [3.05, 3.63) is 53.8 Å². The van der Waals surface area contributed by atoms with E-state index in [2.05, 4.69) is 5.16 Å². The Morgan fingerprint density at radius 3 is 2.64 bits per heavy atom. The topological polar surface area (TPSA) is 57.1 Å². The third-order valence-corrected chi connectivity index (χ3v) is 2.79. The molecule has 0 aromatic heterocycles. The number of hydrogen-bond donors (Lipinski definition) is 0. The van der Waals surface area contributed by atoms with Crippen LogP contribution in [0.4, 0.5) is 0 Å². The molecule has 1 aromatic rings. The molecule has 0 saturated carbocycles. The molecule has 22 heavy (non-hydrogen) atoms. The van der Waals surface area contributed by atoms with E-state index in [1.807, 2.05) is 50.3 Å². The maximum absolute atomic E-state index is 11.9. The summed E-state index contributed by atoms with van der Waals surface area (Å²) in [5.41, 5.74) is 2.60. The summed E-state index contributed by atoms with van der Waals surface area (Å²) < 4.78 is 9.75. The third kappa shape index (κ3) is 5.09. The Kier molecular flexibility index (Phi) is 7.47.